The highest BCUT2D eigenvalue weighted by Crippen LogP contribution is 2.25. The Hall–Kier alpha value is -2.62. The lowest BCUT2D eigenvalue weighted by Crippen LogP contribution is -2.33. The average Bonchev–Trinajstić information content (AvgIpc) is 3.05. The van der Waals surface area contributed by atoms with Crippen molar-refractivity contribution in [2.75, 3.05) is 18.0 Å². The number of hydrogen-bond donors (Lipinski definition) is 1. The third-order valence-corrected chi connectivity index (χ3v) is 4.88. The fourth-order valence-corrected chi connectivity index (χ4v) is 3.31. The first kappa shape index (κ1) is 18.2. The summed E-state index contributed by atoms with van der Waals surface area (Å²) in [5, 5.41) is 2.99. The van der Waals surface area contributed by atoms with E-state index < -0.39 is 0 Å². The molecule has 26 heavy (non-hydrogen) atoms. The Balaban J connectivity index is 1.41. The molecule has 4 nitrogen and oxygen atoms in total. The first-order chi connectivity index (χ1) is 12.6. The summed E-state index contributed by atoms with van der Waals surface area (Å²) in [6.07, 6.45) is 3.32. The number of nitrogens with one attached hydrogen (secondary N) is 1. The first-order valence-corrected chi connectivity index (χ1v) is 9.32. The van der Waals surface area contributed by atoms with Gasteiger partial charge in [-0.3, -0.25) is 9.59 Å². The van der Waals surface area contributed by atoms with E-state index in [-0.39, 0.29) is 17.7 Å². The minimum absolute atomic E-state index is 0.00678. The van der Waals surface area contributed by atoms with Crippen LogP contribution >= 0.6 is 0 Å². The molecule has 3 rings (SSSR count). The number of aryl methyl sites for hydroxylation is 2. The lowest BCUT2D eigenvalue weighted by atomic mass is 10.1. The van der Waals surface area contributed by atoms with E-state index >= 15 is 0 Å². The fourth-order valence-electron chi connectivity index (χ4n) is 3.31. The molecule has 4 heteroatoms. The van der Waals surface area contributed by atoms with Crippen LogP contribution in [0.1, 0.15) is 30.4 Å². The van der Waals surface area contributed by atoms with Gasteiger partial charge in [0.25, 0.3) is 0 Å². The molecule has 136 valence electrons. The first-order valence-electron chi connectivity index (χ1n) is 9.32. The predicted octanol–water partition coefficient (Wildman–Crippen LogP) is 3.49. The zero-order valence-electron chi connectivity index (χ0n) is 15.3. The van der Waals surface area contributed by atoms with Crippen LogP contribution in [0.4, 0.5) is 5.69 Å². The zero-order chi connectivity index (χ0) is 18.4. The van der Waals surface area contributed by atoms with Crippen LogP contribution in [0.5, 0.6) is 0 Å². The summed E-state index contributed by atoms with van der Waals surface area (Å²) in [7, 11) is 0. The summed E-state index contributed by atoms with van der Waals surface area (Å²) in [6, 6.07) is 18.2. The van der Waals surface area contributed by atoms with Crippen LogP contribution in [-0.4, -0.2) is 24.9 Å². The maximum Gasteiger partial charge on any atom is 0.227 e. The molecule has 1 N–H and O–H groups in total. The van der Waals surface area contributed by atoms with E-state index in [2.05, 4.69) is 17.4 Å². The molecule has 0 unspecified atom stereocenters. The third kappa shape index (κ3) is 4.72. The largest absolute Gasteiger partial charge is 0.356 e. The van der Waals surface area contributed by atoms with Crippen LogP contribution in [0.3, 0.4) is 0 Å². The molecule has 1 saturated heterocycles. The number of rotatable bonds is 7. The highest BCUT2D eigenvalue weighted by Gasteiger charge is 2.34. The van der Waals surface area contributed by atoms with E-state index in [1.165, 1.54) is 5.56 Å². The lowest BCUT2D eigenvalue weighted by Gasteiger charge is -2.17. The van der Waals surface area contributed by atoms with Crippen molar-refractivity contribution < 1.29 is 9.59 Å². The van der Waals surface area contributed by atoms with Crippen LogP contribution < -0.4 is 10.2 Å². The summed E-state index contributed by atoms with van der Waals surface area (Å²) in [6.45, 7) is 3.16. The Kier molecular flexibility index (Phi) is 6.05. The van der Waals surface area contributed by atoms with Gasteiger partial charge in [0.15, 0.2) is 0 Å². The zero-order valence-corrected chi connectivity index (χ0v) is 15.3. The van der Waals surface area contributed by atoms with E-state index in [1.54, 1.807) is 4.90 Å². The fraction of sp³-hybridized carbons (Fsp3) is 0.364. The normalized spacial score (nSPS) is 16.7. The number of carbonyl (C=O) groups excluding carboxylic acids is 2. The molecule has 0 spiro atoms. The Morgan fingerprint density at radius 2 is 1.81 bits per heavy atom. The van der Waals surface area contributed by atoms with Crippen LogP contribution in [-0.2, 0) is 16.0 Å². The number of anilines is 1. The van der Waals surface area contributed by atoms with E-state index in [9.17, 15) is 9.59 Å². The minimum atomic E-state index is -0.252. The molecule has 0 saturated carbocycles. The van der Waals surface area contributed by atoms with Crippen LogP contribution in [0.25, 0.3) is 0 Å². The number of carbonyl (C=O) groups is 2. The van der Waals surface area contributed by atoms with Gasteiger partial charge in [0.05, 0.1) is 5.92 Å². The van der Waals surface area contributed by atoms with Gasteiger partial charge in [-0.1, -0.05) is 48.0 Å². The molecule has 0 aliphatic carbocycles. The molecule has 0 aromatic heterocycles. The van der Waals surface area contributed by atoms with Crippen molar-refractivity contribution in [3.05, 3.63) is 65.7 Å². The second-order valence-corrected chi connectivity index (χ2v) is 6.97. The van der Waals surface area contributed by atoms with Crippen LogP contribution in [0.2, 0.25) is 0 Å². The van der Waals surface area contributed by atoms with Crippen molar-refractivity contribution in [1.29, 1.82) is 0 Å². The van der Waals surface area contributed by atoms with Gasteiger partial charge in [0.2, 0.25) is 11.8 Å². The Morgan fingerprint density at radius 3 is 2.54 bits per heavy atom. The molecule has 1 fully saturated rings. The summed E-state index contributed by atoms with van der Waals surface area (Å²) in [4.78, 5) is 26.3. The smallest absolute Gasteiger partial charge is 0.227 e. The third-order valence-electron chi connectivity index (χ3n) is 4.88. The summed E-state index contributed by atoms with van der Waals surface area (Å²) in [5.41, 5.74) is 3.36. The van der Waals surface area contributed by atoms with Crippen molar-refractivity contribution in [3.8, 4) is 0 Å². The number of nitrogens with zero attached hydrogens (tertiary/aromatic N) is 1. The maximum atomic E-state index is 12.4. The number of unbranched alkanes of at least 4 members (excludes halogenated alkanes) is 1. The molecule has 1 aliphatic heterocycles. The maximum absolute atomic E-state index is 12.4. The van der Waals surface area contributed by atoms with Crippen molar-refractivity contribution in [3.63, 3.8) is 0 Å². The summed E-state index contributed by atoms with van der Waals surface area (Å²) < 4.78 is 0. The van der Waals surface area contributed by atoms with E-state index in [4.69, 9.17) is 0 Å². The van der Waals surface area contributed by atoms with Crippen LogP contribution in [0, 0.1) is 12.8 Å². The Morgan fingerprint density at radius 1 is 1.08 bits per heavy atom. The molecule has 0 radical (unpaired) electrons. The highest BCUT2D eigenvalue weighted by atomic mass is 16.2. The summed E-state index contributed by atoms with van der Waals surface area (Å²) in [5.74, 6) is -0.233. The van der Waals surface area contributed by atoms with Crippen LogP contribution in [0.15, 0.2) is 54.6 Å². The molecule has 0 bridgehead atoms. The number of amides is 2. The van der Waals surface area contributed by atoms with Gasteiger partial charge >= 0.3 is 0 Å². The monoisotopic (exact) mass is 350 g/mol. The second kappa shape index (κ2) is 8.65. The Bertz CT molecular complexity index is 740. The van der Waals surface area contributed by atoms with Gasteiger partial charge in [0.1, 0.15) is 0 Å². The van der Waals surface area contributed by atoms with E-state index in [0.717, 1.165) is 30.5 Å². The molecule has 2 aromatic rings. The van der Waals surface area contributed by atoms with Gasteiger partial charge in [-0.05, 0) is 43.9 Å². The summed E-state index contributed by atoms with van der Waals surface area (Å²) >= 11 is 0. The number of hydrogen-bond acceptors (Lipinski definition) is 2. The topological polar surface area (TPSA) is 49.4 Å². The SMILES string of the molecule is Cc1ccc(N2C[C@@H](C(=O)NCCCCc3ccccc3)CC2=O)cc1. The lowest BCUT2D eigenvalue weighted by molar-refractivity contribution is -0.126. The number of benzene rings is 2. The Labute approximate surface area is 155 Å². The van der Waals surface area contributed by atoms with Gasteiger partial charge < -0.3 is 10.2 Å². The molecule has 2 aromatic carbocycles. The molecule has 2 amide bonds. The van der Waals surface area contributed by atoms with Crippen molar-refractivity contribution in [2.45, 2.75) is 32.6 Å². The average molecular weight is 350 g/mol. The van der Waals surface area contributed by atoms with Gasteiger partial charge in [0, 0.05) is 25.2 Å². The molecule has 1 atom stereocenters. The second-order valence-electron chi connectivity index (χ2n) is 6.97. The van der Waals surface area contributed by atoms with E-state index in [1.807, 2.05) is 49.4 Å². The van der Waals surface area contributed by atoms with Gasteiger partial charge in [-0.25, -0.2) is 0 Å². The van der Waals surface area contributed by atoms with Gasteiger partial charge in [-0.15, -0.1) is 0 Å². The van der Waals surface area contributed by atoms with Crippen molar-refractivity contribution >= 4 is 17.5 Å². The highest BCUT2D eigenvalue weighted by molar-refractivity contribution is 6.00. The van der Waals surface area contributed by atoms with E-state index in [0.29, 0.717) is 19.5 Å². The molecular weight excluding hydrogens is 324 g/mol. The predicted molar refractivity (Wildman–Crippen MR) is 104 cm³/mol. The van der Waals surface area contributed by atoms with Crippen molar-refractivity contribution in [2.24, 2.45) is 5.92 Å². The van der Waals surface area contributed by atoms with Gasteiger partial charge in [-0.2, -0.15) is 0 Å². The quantitative estimate of drug-likeness (QED) is 0.777. The molecule has 1 heterocycles. The molecular formula is C22H26N2O2. The minimum Gasteiger partial charge on any atom is -0.356 e. The van der Waals surface area contributed by atoms with Crippen molar-refractivity contribution in [1.82, 2.24) is 5.32 Å². The standard InChI is InChI=1S/C22H26N2O2/c1-17-10-12-20(13-11-17)24-16-19(15-21(24)25)22(26)23-14-6-5-9-18-7-3-2-4-8-18/h2-4,7-8,10-13,19H,5-6,9,14-16H2,1H3,(H,23,26)/t19-/m0/s1. The molecule has 1 aliphatic rings.